The van der Waals surface area contributed by atoms with E-state index in [1.54, 1.807) is 11.0 Å². The molecule has 2 heterocycles. The maximum Gasteiger partial charge on any atom is 0.295 e. The summed E-state index contributed by atoms with van der Waals surface area (Å²) in [5.41, 5.74) is 2.67. The van der Waals surface area contributed by atoms with Crippen molar-refractivity contribution in [2.24, 2.45) is 0 Å². The lowest BCUT2D eigenvalue weighted by Gasteiger charge is -2.27. The Kier molecular flexibility index (Phi) is 5.96. The average molecular weight is 456 g/mol. The molecule has 0 aliphatic carbocycles. The van der Waals surface area contributed by atoms with E-state index in [1.807, 2.05) is 60.7 Å². The molecule has 0 aromatic heterocycles. The molecule has 2 atom stereocenters. The van der Waals surface area contributed by atoms with Crippen LogP contribution in [0.25, 0.3) is 16.5 Å². The van der Waals surface area contributed by atoms with Crippen molar-refractivity contribution in [1.82, 2.24) is 4.90 Å². The summed E-state index contributed by atoms with van der Waals surface area (Å²) in [4.78, 5) is 28.2. The van der Waals surface area contributed by atoms with Crippen molar-refractivity contribution < 1.29 is 19.4 Å². The van der Waals surface area contributed by atoms with Crippen molar-refractivity contribution in [2.45, 2.75) is 44.8 Å². The number of carbonyl (C=O) groups is 2. The first-order chi connectivity index (χ1) is 16.5. The van der Waals surface area contributed by atoms with Gasteiger partial charge in [-0.05, 0) is 40.7 Å². The number of fused-ring (bicyclic) bond motifs is 1. The van der Waals surface area contributed by atoms with Gasteiger partial charge in [0.15, 0.2) is 0 Å². The van der Waals surface area contributed by atoms with E-state index in [9.17, 15) is 14.7 Å². The molecule has 2 aliphatic rings. The Morgan fingerprint density at radius 1 is 1.03 bits per heavy atom. The number of likely N-dealkylation sites (tertiary alicyclic amines) is 1. The van der Waals surface area contributed by atoms with Crippen molar-refractivity contribution in [3.63, 3.8) is 0 Å². The van der Waals surface area contributed by atoms with Gasteiger partial charge in [-0.3, -0.25) is 9.59 Å². The second-order valence-electron chi connectivity index (χ2n) is 9.43. The summed E-state index contributed by atoms with van der Waals surface area (Å²) in [5, 5.41) is 13.3. The molecule has 3 aromatic rings. The van der Waals surface area contributed by atoms with Crippen LogP contribution < -0.4 is 0 Å². The van der Waals surface area contributed by atoms with Crippen LogP contribution in [-0.2, 0) is 14.3 Å². The summed E-state index contributed by atoms with van der Waals surface area (Å²) < 4.78 is 5.79. The molecule has 0 radical (unpaired) electrons. The Balaban J connectivity index is 1.66. The highest BCUT2D eigenvalue weighted by Gasteiger charge is 2.47. The van der Waals surface area contributed by atoms with Crippen molar-refractivity contribution in [2.75, 3.05) is 13.2 Å². The molecular weight excluding hydrogens is 426 g/mol. The van der Waals surface area contributed by atoms with E-state index in [-0.39, 0.29) is 17.4 Å². The Morgan fingerprint density at radius 2 is 1.76 bits per heavy atom. The van der Waals surface area contributed by atoms with Gasteiger partial charge in [0, 0.05) is 18.7 Å². The van der Waals surface area contributed by atoms with Crippen LogP contribution in [0.2, 0.25) is 0 Å². The number of aliphatic hydroxyl groups excluding tert-OH is 1. The Morgan fingerprint density at radius 3 is 2.47 bits per heavy atom. The topological polar surface area (TPSA) is 66.8 Å². The van der Waals surface area contributed by atoms with Crippen LogP contribution in [0.1, 0.15) is 55.3 Å². The molecular formula is C29H29NO4. The SMILES string of the molecule is CC(C)c1ccc(C2/C(=C(/O)c3cccc4ccccc34)C(=O)C(=O)N2CC2CCCO2)cc1. The molecule has 0 saturated carbocycles. The Hall–Kier alpha value is -3.44. The average Bonchev–Trinajstić information content (AvgIpc) is 3.46. The van der Waals surface area contributed by atoms with Crippen LogP contribution in [0.3, 0.4) is 0 Å². The number of benzene rings is 3. The molecule has 174 valence electrons. The first-order valence-corrected chi connectivity index (χ1v) is 11.9. The lowest BCUT2D eigenvalue weighted by atomic mass is 9.92. The maximum absolute atomic E-state index is 13.3. The first kappa shape index (κ1) is 22.4. The largest absolute Gasteiger partial charge is 0.507 e. The van der Waals surface area contributed by atoms with Gasteiger partial charge in [0.05, 0.1) is 17.7 Å². The summed E-state index contributed by atoms with van der Waals surface area (Å²) in [5.74, 6) is -1.01. The summed E-state index contributed by atoms with van der Waals surface area (Å²) in [7, 11) is 0. The second-order valence-corrected chi connectivity index (χ2v) is 9.43. The maximum atomic E-state index is 13.3. The Bertz CT molecular complexity index is 1260. The number of amides is 1. The van der Waals surface area contributed by atoms with E-state index in [1.165, 1.54) is 5.56 Å². The second kappa shape index (κ2) is 9.07. The lowest BCUT2D eigenvalue weighted by Crippen LogP contribution is -2.36. The predicted molar refractivity (Wildman–Crippen MR) is 132 cm³/mol. The quantitative estimate of drug-likeness (QED) is 0.311. The van der Waals surface area contributed by atoms with E-state index in [0.717, 1.165) is 29.2 Å². The zero-order valence-electron chi connectivity index (χ0n) is 19.5. The van der Waals surface area contributed by atoms with Crippen molar-refractivity contribution >= 4 is 28.2 Å². The van der Waals surface area contributed by atoms with Gasteiger partial charge in [-0.15, -0.1) is 0 Å². The molecule has 5 nitrogen and oxygen atoms in total. The smallest absolute Gasteiger partial charge is 0.295 e. The minimum atomic E-state index is -0.663. The normalized spacial score (nSPS) is 22.3. The van der Waals surface area contributed by atoms with Gasteiger partial charge >= 0.3 is 0 Å². The molecule has 2 saturated heterocycles. The summed E-state index contributed by atoms with van der Waals surface area (Å²) in [6.45, 7) is 5.24. The molecule has 0 spiro atoms. The monoisotopic (exact) mass is 455 g/mol. The minimum Gasteiger partial charge on any atom is -0.507 e. The van der Waals surface area contributed by atoms with Crippen LogP contribution in [0, 0.1) is 0 Å². The van der Waals surface area contributed by atoms with Gasteiger partial charge in [-0.1, -0.05) is 80.6 Å². The van der Waals surface area contributed by atoms with Gasteiger partial charge in [-0.2, -0.15) is 0 Å². The van der Waals surface area contributed by atoms with Crippen LogP contribution in [0.15, 0.2) is 72.3 Å². The molecule has 5 rings (SSSR count). The van der Waals surface area contributed by atoms with Gasteiger partial charge in [0.1, 0.15) is 5.76 Å². The van der Waals surface area contributed by atoms with Crippen molar-refractivity contribution in [3.8, 4) is 0 Å². The molecule has 5 heteroatoms. The van der Waals surface area contributed by atoms with Gasteiger partial charge < -0.3 is 14.7 Å². The number of Topliss-reactive ketones (excluding diaryl/α,β-unsaturated/α-hetero) is 1. The highest BCUT2D eigenvalue weighted by Crippen LogP contribution is 2.41. The predicted octanol–water partition coefficient (Wildman–Crippen LogP) is 5.56. The van der Waals surface area contributed by atoms with Gasteiger partial charge in [0.2, 0.25) is 0 Å². The molecule has 2 unspecified atom stereocenters. The number of rotatable bonds is 5. The number of aliphatic hydroxyl groups is 1. The molecule has 2 aliphatic heterocycles. The van der Waals surface area contributed by atoms with Crippen LogP contribution in [-0.4, -0.2) is 41.0 Å². The van der Waals surface area contributed by atoms with Crippen molar-refractivity contribution in [3.05, 3.63) is 89.0 Å². The zero-order chi connectivity index (χ0) is 23.8. The number of ketones is 1. The van der Waals surface area contributed by atoms with E-state index < -0.39 is 17.7 Å². The number of ether oxygens (including phenoxy) is 1. The number of hydrogen-bond donors (Lipinski definition) is 1. The van der Waals surface area contributed by atoms with Crippen LogP contribution >= 0.6 is 0 Å². The fraction of sp³-hybridized carbons (Fsp3) is 0.310. The molecule has 3 aromatic carbocycles. The molecule has 1 N–H and O–H groups in total. The minimum absolute atomic E-state index is 0.103. The van der Waals surface area contributed by atoms with E-state index >= 15 is 0 Å². The molecule has 1 amide bonds. The summed E-state index contributed by atoms with van der Waals surface area (Å²) in [6, 6.07) is 20.7. The van der Waals surface area contributed by atoms with E-state index in [2.05, 4.69) is 13.8 Å². The fourth-order valence-electron chi connectivity index (χ4n) is 5.06. The molecule has 34 heavy (non-hydrogen) atoms. The summed E-state index contributed by atoms with van der Waals surface area (Å²) in [6.07, 6.45) is 1.69. The highest BCUT2D eigenvalue weighted by molar-refractivity contribution is 6.46. The lowest BCUT2D eigenvalue weighted by molar-refractivity contribution is -0.140. The van der Waals surface area contributed by atoms with Crippen LogP contribution in [0.4, 0.5) is 0 Å². The van der Waals surface area contributed by atoms with Crippen LogP contribution in [0.5, 0.6) is 0 Å². The third-order valence-corrected chi connectivity index (χ3v) is 6.93. The number of carbonyl (C=O) groups excluding carboxylic acids is 2. The van der Waals surface area contributed by atoms with E-state index in [0.29, 0.717) is 24.6 Å². The highest BCUT2D eigenvalue weighted by atomic mass is 16.5. The third kappa shape index (κ3) is 3.90. The van der Waals surface area contributed by atoms with Gasteiger partial charge in [-0.25, -0.2) is 0 Å². The first-order valence-electron chi connectivity index (χ1n) is 11.9. The summed E-state index contributed by atoms with van der Waals surface area (Å²) >= 11 is 0. The fourth-order valence-corrected chi connectivity index (χ4v) is 5.06. The zero-order valence-corrected chi connectivity index (χ0v) is 19.5. The van der Waals surface area contributed by atoms with Crippen molar-refractivity contribution in [1.29, 1.82) is 0 Å². The Labute approximate surface area is 199 Å². The third-order valence-electron chi connectivity index (χ3n) is 6.93. The number of nitrogens with zero attached hydrogens (tertiary/aromatic N) is 1. The van der Waals surface area contributed by atoms with E-state index in [4.69, 9.17) is 4.74 Å². The number of hydrogen-bond acceptors (Lipinski definition) is 4. The molecule has 2 fully saturated rings. The standard InChI is InChI=1S/C29H29NO4/c1-18(2)19-12-14-21(15-13-19)26-25(28(32)29(33)30(26)17-22-9-6-16-34-22)27(31)24-11-5-8-20-7-3-4-10-23(20)24/h3-5,7-8,10-15,18,22,26,31H,6,9,16-17H2,1-2H3/b27-25-. The molecule has 0 bridgehead atoms. The van der Waals surface area contributed by atoms with Gasteiger partial charge in [0.25, 0.3) is 11.7 Å².